The maximum Gasteiger partial charge on any atom is 0.260 e. The lowest BCUT2D eigenvalue weighted by atomic mass is 9.34. The molecule has 5 heteroatoms. The number of hydrogen-bond donors (Lipinski definition) is 0. The van der Waals surface area contributed by atoms with Gasteiger partial charge in [0, 0.05) is 21.6 Å². The van der Waals surface area contributed by atoms with Crippen molar-refractivity contribution < 1.29 is 9.47 Å². The van der Waals surface area contributed by atoms with Crippen LogP contribution in [0.15, 0.2) is 115 Å². The summed E-state index contributed by atoms with van der Waals surface area (Å²) >= 11 is 0. The molecule has 0 saturated carbocycles. The summed E-state index contributed by atoms with van der Waals surface area (Å²) in [5, 5.41) is 3.47. The Bertz CT molecular complexity index is 2660. The molecule has 4 nitrogen and oxygen atoms in total. The fraction of sp³-hybridized carbons (Fsp3) is 0.178. The molecule has 0 radical (unpaired) electrons. The maximum atomic E-state index is 6.88. The highest BCUT2D eigenvalue weighted by atomic mass is 16.5. The Morgan fingerprint density at radius 3 is 1.78 bits per heavy atom. The number of rotatable bonds is 1. The third-order valence-corrected chi connectivity index (χ3v) is 10.8. The molecule has 242 valence electrons. The Labute approximate surface area is 292 Å². The first-order valence-electron chi connectivity index (χ1n) is 17.6. The van der Waals surface area contributed by atoms with Gasteiger partial charge in [0.25, 0.3) is 6.71 Å². The predicted molar refractivity (Wildman–Crippen MR) is 208 cm³/mol. The molecule has 6 aromatic carbocycles. The Balaban J connectivity index is 1.25. The number of hydrogen-bond acceptors (Lipinski definition) is 3. The standard InChI is InChI=1S/C45H37BN2O2/c1-44(2,3)27-18-20-37-32(24-27)46-33-25-28(45(4,5)6)19-21-38(33)50-40-23-26(22-39(49-37)42(40)46)29-13-11-14-31-41(29)30-12-7-9-16-35(30)48-36-17-10-8-15-34(36)47-43(31)48/h7-25H,1-6H3. The van der Waals surface area contributed by atoms with Crippen molar-refractivity contribution in [2.75, 3.05) is 0 Å². The Morgan fingerprint density at radius 2 is 1.14 bits per heavy atom. The van der Waals surface area contributed by atoms with Gasteiger partial charge in [0.05, 0.1) is 16.6 Å². The van der Waals surface area contributed by atoms with E-state index < -0.39 is 0 Å². The first kappa shape index (κ1) is 29.4. The van der Waals surface area contributed by atoms with Crippen molar-refractivity contribution in [2.24, 2.45) is 0 Å². The van der Waals surface area contributed by atoms with Crippen LogP contribution in [0.5, 0.6) is 23.0 Å². The average molecular weight is 649 g/mol. The third-order valence-electron chi connectivity index (χ3n) is 10.8. The van der Waals surface area contributed by atoms with Crippen LogP contribution in [0.25, 0.3) is 49.5 Å². The summed E-state index contributed by atoms with van der Waals surface area (Å²) in [5.74, 6) is 3.50. The second-order valence-corrected chi connectivity index (χ2v) is 16.0. The zero-order valence-corrected chi connectivity index (χ0v) is 29.3. The number of imidazole rings is 1. The lowest BCUT2D eigenvalue weighted by Crippen LogP contribution is -2.57. The largest absolute Gasteiger partial charge is 0.458 e. The van der Waals surface area contributed by atoms with E-state index in [2.05, 4.69) is 161 Å². The zero-order valence-electron chi connectivity index (χ0n) is 29.3. The minimum atomic E-state index is -0.00327. The molecular weight excluding hydrogens is 611 g/mol. The minimum Gasteiger partial charge on any atom is -0.458 e. The van der Waals surface area contributed by atoms with Crippen LogP contribution in [0.1, 0.15) is 52.7 Å². The molecule has 0 fully saturated rings. The molecular formula is C45H37BN2O2. The summed E-state index contributed by atoms with van der Waals surface area (Å²) in [6, 6.07) is 41.6. The van der Waals surface area contributed by atoms with Gasteiger partial charge in [0.1, 0.15) is 28.6 Å². The van der Waals surface area contributed by atoms with Crippen LogP contribution >= 0.6 is 0 Å². The highest BCUT2D eigenvalue weighted by Gasteiger charge is 2.41. The molecule has 0 aliphatic carbocycles. The maximum absolute atomic E-state index is 6.88. The molecule has 0 amide bonds. The van der Waals surface area contributed by atoms with Crippen LogP contribution in [-0.2, 0) is 10.8 Å². The second-order valence-electron chi connectivity index (χ2n) is 16.0. The van der Waals surface area contributed by atoms with E-state index in [1.807, 2.05) is 0 Å². The number of fused-ring (bicyclic) bond motifs is 12. The molecule has 8 aromatic rings. The molecule has 4 heterocycles. The van der Waals surface area contributed by atoms with Crippen molar-refractivity contribution >= 4 is 61.5 Å². The molecule has 0 spiro atoms. The van der Waals surface area contributed by atoms with E-state index in [0.29, 0.717) is 0 Å². The van der Waals surface area contributed by atoms with Gasteiger partial charge in [-0.05, 0) is 86.5 Å². The third kappa shape index (κ3) is 4.16. The number of pyridine rings is 1. The van der Waals surface area contributed by atoms with Crippen LogP contribution in [0.3, 0.4) is 0 Å². The van der Waals surface area contributed by atoms with E-state index >= 15 is 0 Å². The molecule has 50 heavy (non-hydrogen) atoms. The van der Waals surface area contributed by atoms with E-state index in [-0.39, 0.29) is 17.5 Å². The highest BCUT2D eigenvalue weighted by Crippen LogP contribution is 2.43. The van der Waals surface area contributed by atoms with Crippen LogP contribution in [0.4, 0.5) is 0 Å². The molecule has 0 unspecified atom stereocenters. The summed E-state index contributed by atoms with van der Waals surface area (Å²) < 4.78 is 16.1. The van der Waals surface area contributed by atoms with Crippen molar-refractivity contribution in [3.05, 3.63) is 126 Å². The summed E-state index contributed by atoms with van der Waals surface area (Å²) in [7, 11) is 0. The summed E-state index contributed by atoms with van der Waals surface area (Å²) in [6.45, 7) is 13.6. The summed E-state index contributed by atoms with van der Waals surface area (Å²) in [6.07, 6.45) is 0. The van der Waals surface area contributed by atoms with Crippen LogP contribution in [-0.4, -0.2) is 16.1 Å². The summed E-state index contributed by atoms with van der Waals surface area (Å²) in [5.41, 5.74) is 12.5. The number of ether oxygens (including phenoxy) is 2. The van der Waals surface area contributed by atoms with E-state index in [1.165, 1.54) is 32.8 Å². The van der Waals surface area contributed by atoms with Crippen LogP contribution in [0, 0.1) is 0 Å². The Morgan fingerprint density at radius 1 is 0.560 bits per heavy atom. The number of benzene rings is 6. The average Bonchev–Trinajstić information content (AvgIpc) is 3.50. The Hall–Kier alpha value is -5.55. The van der Waals surface area contributed by atoms with Gasteiger partial charge in [0.15, 0.2) is 0 Å². The topological polar surface area (TPSA) is 35.8 Å². The minimum absolute atomic E-state index is 0.00327. The molecule has 2 aromatic heterocycles. The zero-order chi connectivity index (χ0) is 34.1. The quantitative estimate of drug-likeness (QED) is 0.131. The molecule has 2 aliphatic rings. The fourth-order valence-electron chi connectivity index (χ4n) is 8.19. The van der Waals surface area contributed by atoms with Crippen molar-refractivity contribution in [3.8, 4) is 34.1 Å². The first-order valence-corrected chi connectivity index (χ1v) is 17.6. The molecule has 0 atom stereocenters. The first-order chi connectivity index (χ1) is 24.0. The normalized spacial score (nSPS) is 13.7. The van der Waals surface area contributed by atoms with Crippen molar-refractivity contribution in [1.82, 2.24) is 9.38 Å². The molecule has 0 saturated heterocycles. The molecule has 0 bridgehead atoms. The van der Waals surface area contributed by atoms with Gasteiger partial charge in [0.2, 0.25) is 0 Å². The second kappa shape index (κ2) is 10.0. The van der Waals surface area contributed by atoms with Gasteiger partial charge in [-0.15, -0.1) is 0 Å². The number of aromatic nitrogens is 2. The number of para-hydroxylation sites is 3. The molecule has 0 N–H and O–H groups in total. The summed E-state index contributed by atoms with van der Waals surface area (Å²) in [4.78, 5) is 5.16. The van der Waals surface area contributed by atoms with Crippen LogP contribution in [0.2, 0.25) is 0 Å². The monoisotopic (exact) mass is 648 g/mol. The van der Waals surface area contributed by atoms with Gasteiger partial charge in [-0.1, -0.05) is 114 Å². The van der Waals surface area contributed by atoms with Gasteiger partial charge in [-0.25, -0.2) is 4.98 Å². The molecule has 10 rings (SSSR count). The predicted octanol–water partition coefficient (Wildman–Crippen LogP) is 9.78. The van der Waals surface area contributed by atoms with Gasteiger partial charge < -0.3 is 9.47 Å². The lowest BCUT2D eigenvalue weighted by Gasteiger charge is -2.35. The van der Waals surface area contributed by atoms with E-state index in [9.17, 15) is 0 Å². The van der Waals surface area contributed by atoms with E-state index in [1.54, 1.807) is 0 Å². The van der Waals surface area contributed by atoms with Crippen molar-refractivity contribution in [1.29, 1.82) is 0 Å². The van der Waals surface area contributed by atoms with E-state index in [0.717, 1.165) is 67.2 Å². The van der Waals surface area contributed by atoms with Gasteiger partial charge in [-0.3, -0.25) is 4.40 Å². The molecule has 2 aliphatic heterocycles. The van der Waals surface area contributed by atoms with E-state index in [4.69, 9.17) is 14.5 Å². The SMILES string of the molecule is CC(C)(C)c1ccc2c(c1)B1c3cc(C(C)(C)C)ccc3Oc3cc(-c4cccc5c4c4ccccc4n4c6ccccc6nc54)cc(c31)O2. The smallest absolute Gasteiger partial charge is 0.260 e. The fourth-order valence-corrected chi connectivity index (χ4v) is 8.19. The van der Waals surface area contributed by atoms with Gasteiger partial charge >= 0.3 is 0 Å². The Kier molecular flexibility index (Phi) is 5.88. The number of nitrogens with zero attached hydrogens (tertiary/aromatic N) is 2. The van der Waals surface area contributed by atoms with Crippen molar-refractivity contribution in [3.63, 3.8) is 0 Å². The van der Waals surface area contributed by atoms with Crippen LogP contribution < -0.4 is 25.9 Å². The lowest BCUT2D eigenvalue weighted by molar-refractivity contribution is 0.464. The van der Waals surface area contributed by atoms with Gasteiger partial charge in [-0.2, -0.15) is 0 Å². The highest BCUT2D eigenvalue weighted by molar-refractivity contribution is 6.98. The van der Waals surface area contributed by atoms with Crippen molar-refractivity contribution in [2.45, 2.75) is 52.4 Å².